The number of halogens is 1. The molecule has 0 unspecified atom stereocenters. The van der Waals surface area contributed by atoms with Crippen LogP contribution >= 0.6 is 0 Å². The van der Waals surface area contributed by atoms with Crippen LogP contribution < -0.4 is 11.1 Å². The Hall–Kier alpha value is -2.04. The highest BCUT2D eigenvalue weighted by atomic mass is 19.1. The monoisotopic (exact) mass is 248 g/mol. The van der Waals surface area contributed by atoms with Crippen molar-refractivity contribution in [2.24, 2.45) is 5.73 Å². The summed E-state index contributed by atoms with van der Waals surface area (Å²) in [5.41, 5.74) is 7.79. The zero-order valence-corrected chi connectivity index (χ0v) is 10.3. The number of nitrogens with one attached hydrogen (secondary N) is 2. The quantitative estimate of drug-likeness (QED) is 0.553. The minimum atomic E-state index is -0.218. The number of anilines is 1. The van der Waals surface area contributed by atoms with E-state index in [9.17, 15) is 4.39 Å². The van der Waals surface area contributed by atoms with Gasteiger partial charge in [0.2, 0.25) is 0 Å². The van der Waals surface area contributed by atoms with E-state index in [-0.39, 0.29) is 11.8 Å². The van der Waals surface area contributed by atoms with Gasteiger partial charge in [-0.05, 0) is 30.2 Å². The second-order valence-electron chi connectivity index (χ2n) is 4.26. The van der Waals surface area contributed by atoms with Gasteiger partial charge in [-0.1, -0.05) is 6.08 Å². The van der Waals surface area contributed by atoms with Gasteiger partial charge in [0, 0.05) is 31.4 Å². The molecule has 0 saturated carbocycles. The number of guanidine groups is 1. The number of benzene rings is 1. The summed E-state index contributed by atoms with van der Waals surface area (Å²) < 4.78 is 13.9. The van der Waals surface area contributed by atoms with Gasteiger partial charge in [-0.3, -0.25) is 5.41 Å². The summed E-state index contributed by atoms with van der Waals surface area (Å²) in [5, 5.41) is 10.3. The Morgan fingerprint density at radius 3 is 2.78 bits per heavy atom. The molecule has 18 heavy (non-hydrogen) atoms. The first-order valence-electron chi connectivity index (χ1n) is 5.87. The van der Waals surface area contributed by atoms with Crippen molar-refractivity contribution in [1.29, 1.82) is 5.41 Å². The van der Waals surface area contributed by atoms with Gasteiger partial charge in [-0.2, -0.15) is 0 Å². The molecule has 1 aromatic carbocycles. The molecule has 1 heterocycles. The van der Waals surface area contributed by atoms with Crippen LogP contribution in [0.2, 0.25) is 0 Å². The molecule has 0 amide bonds. The predicted octanol–water partition coefficient (Wildman–Crippen LogP) is 1.85. The summed E-state index contributed by atoms with van der Waals surface area (Å²) >= 11 is 0. The lowest BCUT2D eigenvalue weighted by Gasteiger charge is -2.26. The Morgan fingerprint density at radius 2 is 2.28 bits per heavy atom. The Bertz CT molecular complexity index is 496. The lowest BCUT2D eigenvalue weighted by atomic mass is 9.99. The first-order chi connectivity index (χ1) is 8.61. The molecule has 0 spiro atoms. The number of hydrogen-bond acceptors (Lipinski definition) is 2. The lowest BCUT2D eigenvalue weighted by Crippen LogP contribution is -2.39. The molecule has 0 fully saturated rings. The average Bonchev–Trinajstić information content (AvgIpc) is 2.38. The molecule has 0 radical (unpaired) electrons. The zero-order valence-electron chi connectivity index (χ0n) is 10.3. The van der Waals surface area contributed by atoms with Crippen molar-refractivity contribution in [3.05, 3.63) is 35.7 Å². The highest BCUT2D eigenvalue weighted by Gasteiger charge is 2.16. The van der Waals surface area contributed by atoms with Crippen LogP contribution in [0.15, 0.2) is 24.3 Å². The minimum absolute atomic E-state index is 0.0660. The van der Waals surface area contributed by atoms with Gasteiger partial charge >= 0.3 is 0 Å². The fourth-order valence-corrected chi connectivity index (χ4v) is 2.06. The summed E-state index contributed by atoms with van der Waals surface area (Å²) in [4.78, 5) is 1.75. The average molecular weight is 248 g/mol. The molecule has 5 heteroatoms. The molecule has 1 aliphatic rings. The maximum absolute atomic E-state index is 13.9. The number of nitrogens with two attached hydrogens (primary N) is 1. The lowest BCUT2D eigenvalue weighted by molar-refractivity contribution is 0.450. The molecule has 0 atom stereocenters. The second kappa shape index (κ2) is 5.08. The van der Waals surface area contributed by atoms with Gasteiger partial charge in [-0.15, -0.1) is 0 Å². The Morgan fingerprint density at radius 1 is 1.50 bits per heavy atom. The molecule has 96 valence electrons. The summed E-state index contributed by atoms with van der Waals surface area (Å²) in [6.07, 6.45) is 2.64. The molecular weight excluding hydrogens is 231 g/mol. The van der Waals surface area contributed by atoms with E-state index < -0.39 is 0 Å². The van der Waals surface area contributed by atoms with Crippen LogP contribution in [-0.2, 0) is 0 Å². The molecule has 2 rings (SSSR count). The highest BCUT2D eigenvalue weighted by molar-refractivity contribution is 5.77. The molecule has 4 nitrogen and oxygen atoms in total. The van der Waals surface area contributed by atoms with E-state index in [1.807, 2.05) is 12.1 Å². The maximum Gasteiger partial charge on any atom is 0.188 e. The largest absolute Gasteiger partial charge is 0.388 e. The Balaban J connectivity index is 2.21. The molecule has 0 aromatic heterocycles. The van der Waals surface area contributed by atoms with Gasteiger partial charge in [0.05, 0.1) is 0 Å². The highest BCUT2D eigenvalue weighted by Crippen LogP contribution is 2.26. The third-order valence-electron chi connectivity index (χ3n) is 3.15. The van der Waals surface area contributed by atoms with Crippen LogP contribution in [0.1, 0.15) is 12.0 Å². The van der Waals surface area contributed by atoms with Crippen molar-refractivity contribution in [2.75, 3.05) is 25.5 Å². The number of nitrogens with zero attached hydrogens (tertiary/aromatic N) is 1. The van der Waals surface area contributed by atoms with Crippen LogP contribution in [0.25, 0.3) is 5.57 Å². The van der Waals surface area contributed by atoms with Crippen molar-refractivity contribution in [1.82, 2.24) is 4.90 Å². The molecule has 4 N–H and O–H groups in total. The van der Waals surface area contributed by atoms with Gasteiger partial charge in [0.15, 0.2) is 5.96 Å². The molecule has 0 saturated heterocycles. The first-order valence-corrected chi connectivity index (χ1v) is 5.87. The van der Waals surface area contributed by atoms with Crippen LogP contribution in [-0.4, -0.2) is 31.0 Å². The van der Waals surface area contributed by atoms with Crippen molar-refractivity contribution < 1.29 is 4.39 Å². The third-order valence-corrected chi connectivity index (χ3v) is 3.15. The minimum Gasteiger partial charge on any atom is -0.388 e. The van der Waals surface area contributed by atoms with Crippen LogP contribution in [0.4, 0.5) is 10.1 Å². The molecular formula is C13H17FN4. The fourth-order valence-electron chi connectivity index (χ4n) is 2.06. The number of rotatable bonds is 2. The van der Waals surface area contributed by atoms with Crippen molar-refractivity contribution >= 4 is 17.2 Å². The molecule has 1 aliphatic heterocycles. The molecule has 0 bridgehead atoms. The topological polar surface area (TPSA) is 65.1 Å². The Kier molecular flexibility index (Phi) is 3.50. The summed E-state index contributed by atoms with van der Waals surface area (Å²) in [6, 6.07) is 5.14. The van der Waals surface area contributed by atoms with Crippen LogP contribution in [0.3, 0.4) is 0 Å². The van der Waals surface area contributed by atoms with Gasteiger partial charge in [0.25, 0.3) is 0 Å². The van der Waals surface area contributed by atoms with E-state index in [0.29, 0.717) is 25.1 Å². The van der Waals surface area contributed by atoms with Gasteiger partial charge < -0.3 is 16.0 Å². The zero-order chi connectivity index (χ0) is 13.1. The van der Waals surface area contributed by atoms with E-state index in [0.717, 1.165) is 11.3 Å². The second-order valence-corrected chi connectivity index (χ2v) is 4.26. The van der Waals surface area contributed by atoms with Crippen LogP contribution in [0, 0.1) is 11.2 Å². The number of hydrogen-bond donors (Lipinski definition) is 3. The first kappa shape index (κ1) is 12.4. The Labute approximate surface area is 106 Å². The fraction of sp³-hybridized carbons (Fsp3) is 0.308. The summed E-state index contributed by atoms with van der Waals surface area (Å²) in [7, 11) is 1.76. The van der Waals surface area contributed by atoms with Crippen molar-refractivity contribution in [3.8, 4) is 0 Å². The smallest absolute Gasteiger partial charge is 0.188 e. The van der Waals surface area contributed by atoms with Gasteiger partial charge in [0.1, 0.15) is 5.82 Å². The SMILES string of the molecule is CNc1ccc(C2=CCN(C(=N)N)CC2)c(F)c1. The van der Waals surface area contributed by atoms with E-state index in [4.69, 9.17) is 11.1 Å². The van der Waals surface area contributed by atoms with Gasteiger partial charge in [-0.25, -0.2) is 4.39 Å². The summed E-state index contributed by atoms with van der Waals surface area (Å²) in [5.74, 6) is -0.152. The predicted molar refractivity (Wildman–Crippen MR) is 72.0 cm³/mol. The summed E-state index contributed by atoms with van der Waals surface area (Å²) in [6.45, 7) is 1.23. The van der Waals surface area contributed by atoms with E-state index in [1.54, 1.807) is 18.0 Å². The van der Waals surface area contributed by atoms with E-state index in [1.165, 1.54) is 6.07 Å². The standard InChI is InChI=1S/C13H17FN4/c1-17-10-2-3-11(12(14)8-10)9-4-6-18(7-5-9)13(15)16/h2-4,8,17H,5-7H2,1H3,(H3,15,16). The van der Waals surface area contributed by atoms with E-state index in [2.05, 4.69) is 5.32 Å². The molecule has 0 aliphatic carbocycles. The van der Waals surface area contributed by atoms with Crippen LogP contribution in [0.5, 0.6) is 0 Å². The van der Waals surface area contributed by atoms with E-state index >= 15 is 0 Å². The van der Waals surface area contributed by atoms with Crippen molar-refractivity contribution in [2.45, 2.75) is 6.42 Å². The molecule has 1 aromatic rings. The maximum atomic E-state index is 13.9. The normalized spacial score (nSPS) is 15.2. The third kappa shape index (κ3) is 2.45. The van der Waals surface area contributed by atoms with Crippen molar-refractivity contribution in [3.63, 3.8) is 0 Å².